The van der Waals surface area contributed by atoms with E-state index in [2.05, 4.69) is 0 Å². The molecule has 0 radical (unpaired) electrons. The summed E-state index contributed by atoms with van der Waals surface area (Å²) < 4.78 is 22.3. The second-order valence-corrected chi connectivity index (χ2v) is 7.49. The summed E-state index contributed by atoms with van der Waals surface area (Å²) in [5.41, 5.74) is 4.84. The molecule has 2 rings (SSSR count). The predicted octanol–water partition coefficient (Wildman–Crippen LogP) is 0.0343. The van der Waals surface area contributed by atoms with E-state index < -0.39 is 29.5 Å². The molecule has 0 bridgehead atoms. The zero-order chi connectivity index (χ0) is 18.1. The lowest BCUT2D eigenvalue weighted by Gasteiger charge is -2.48. The van der Waals surface area contributed by atoms with E-state index in [1.165, 1.54) is 4.90 Å². The Bertz CT molecular complexity index is 487. The fraction of sp³-hybridized carbons (Fsp3) is 0.875. The molecule has 2 aliphatic rings. The summed E-state index contributed by atoms with van der Waals surface area (Å²) in [5.74, 6) is -1.44. The van der Waals surface area contributed by atoms with Gasteiger partial charge in [-0.15, -0.1) is 0 Å². The van der Waals surface area contributed by atoms with Gasteiger partial charge in [0, 0.05) is 6.54 Å². The minimum Gasteiger partial charge on any atom is -0.459 e. The van der Waals surface area contributed by atoms with Gasteiger partial charge in [0.15, 0.2) is 11.9 Å². The zero-order valence-corrected chi connectivity index (χ0v) is 15.0. The summed E-state index contributed by atoms with van der Waals surface area (Å²) in [6.07, 6.45) is -1.03. The summed E-state index contributed by atoms with van der Waals surface area (Å²) in [7, 11) is 0. The standard InChI is InChI=1S/C16H28N2O6/c1-15(2,3)24-11(19)8-18-12(10-9-22-16(4,5)23-10)13(14(18)20)21-7-6-17/h10,12-13H,6-9,17H2,1-5H3/t10-,12+,13-/m1/s1. The van der Waals surface area contributed by atoms with E-state index in [1.54, 1.807) is 34.6 Å². The number of likely N-dealkylation sites (tertiary alicyclic amines) is 1. The lowest BCUT2D eigenvalue weighted by Crippen LogP contribution is -2.71. The van der Waals surface area contributed by atoms with Gasteiger partial charge in [0.1, 0.15) is 18.2 Å². The van der Waals surface area contributed by atoms with E-state index >= 15 is 0 Å². The van der Waals surface area contributed by atoms with Crippen LogP contribution in [0, 0.1) is 0 Å². The Labute approximate surface area is 142 Å². The van der Waals surface area contributed by atoms with Gasteiger partial charge in [0.05, 0.1) is 19.3 Å². The third-order valence-corrected chi connectivity index (χ3v) is 3.74. The van der Waals surface area contributed by atoms with Crippen LogP contribution in [0.1, 0.15) is 34.6 Å². The second kappa shape index (κ2) is 6.95. The Kier molecular flexibility index (Phi) is 5.54. The highest BCUT2D eigenvalue weighted by molar-refractivity contribution is 5.91. The predicted molar refractivity (Wildman–Crippen MR) is 85.0 cm³/mol. The highest BCUT2D eigenvalue weighted by Gasteiger charge is 2.56. The summed E-state index contributed by atoms with van der Waals surface area (Å²) in [4.78, 5) is 25.9. The molecule has 8 heteroatoms. The molecule has 1 amide bonds. The van der Waals surface area contributed by atoms with Gasteiger partial charge < -0.3 is 29.6 Å². The third-order valence-electron chi connectivity index (χ3n) is 3.74. The van der Waals surface area contributed by atoms with Crippen molar-refractivity contribution < 1.29 is 28.5 Å². The van der Waals surface area contributed by atoms with Crippen molar-refractivity contribution in [1.82, 2.24) is 4.90 Å². The number of nitrogens with zero attached hydrogens (tertiary/aromatic N) is 1. The number of hydrogen-bond acceptors (Lipinski definition) is 7. The summed E-state index contributed by atoms with van der Waals surface area (Å²) >= 11 is 0. The quantitative estimate of drug-likeness (QED) is 0.536. The first kappa shape index (κ1) is 19.1. The van der Waals surface area contributed by atoms with Crippen molar-refractivity contribution in [1.29, 1.82) is 0 Å². The van der Waals surface area contributed by atoms with Crippen LogP contribution in [0.2, 0.25) is 0 Å². The van der Waals surface area contributed by atoms with Crippen molar-refractivity contribution in [3.63, 3.8) is 0 Å². The molecule has 0 aromatic rings. The molecule has 0 spiro atoms. The van der Waals surface area contributed by atoms with E-state index in [1.807, 2.05) is 0 Å². The smallest absolute Gasteiger partial charge is 0.326 e. The Balaban J connectivity index is 2.05. The third kappa shape index (κ3) is 4.44. The molecule has 0 unspecified atom stereocenters. The van der Waals surface area contributed by atoms with Crippen LogP contribution in [0.3, 0.4) is 0 Å². The Morgan fingerprint density at radius 1 is 1.42 bits per heavy atom. The van der Waals surface area contributed by atoms with E-state index in [0.717, 1.165) is 0 Å². The molecule has 138 valence electrons. The van der Waals surface area contributed by atoms with Crippen LogP contribution in [0.15, 0.2) is 0 Å². The normalized spacial score (nSPS) is 29.5. The number of esters is 1. The molecule has 3 atom stereocenters. The van der Waals surface area contributed by atoms with Crippen LogP contribution in [-0.2, 0) is 28.5 Å². The van der Waals surface area contributed by atoms with Crippen LogP contribution in [0.4, 0.5) is 0 Å². The Morgan fingerprint density at radius 2 is 2.08 bits per heavy atom. The molecule has 2 saturated heterocycles. The molecule has 0 aromatic carbocycles. The zero-order valence-electron chi connectivity index (χ0n) is 15.0. The number of rotatable bonds is 6. The molecule has 0 saturated carbocycles. The van der Waals surface area contributed by atoms with Crippen molar-refractivity contribution >= 4 is 11.9 Å². The van der Waals surface area contributed by atoms with Crippen molar-refractivity contribution in [3.8, 4) is 0 Å². The van der Waals surface area contributed by atoms with Crippen LogP contribution < -0.4 is 5.73 Å². The summed E-state index contributed by atoms with van der Waals surface area (Å²) in [6, 6.07) is -0.390. The number of amides is 1. The summed E-state index contributed by atoms with van der Waals surface area (Å²) in [6.45, 7) is 9.74. The first-order valence-corrected chi connectivity index (χ1v) is 8.20. The topological polar surface area (TPSA) is 100 Å². The molecule has 2 N–H and O–H groups in total. The van der Waals surface area contributed by atoms with Gasteiger partial charge in [-0.1, -0.05) is 0 Å². The first-order chi connectivity index (χ1) is 11.0. The average molecular weight is 344 g/mol. The van der Waals surface area contributed by atoms with Gasteiger partial charge in [-0.3, -0.25) is 9.59 Å². The van der Waals surface area contributed by atoms with Gasteiger partial charge in [0.25, 0.3) is 5.91 Å². The van der Waals surface area contributed by atoms with E-state index in [4.69, 9.17) is 24.7 Å². The van der Waals surface area contributed by atoms with Crippen molar-refractivity contribution in [3.05, 3.63) is 0 Å². The number of β-lactam (4-membered cyclic amide) rings is 1. The minimum atomic E-state index is -0.723. The van der Waals surface area contributed by atoms with Crippen molar-refractivity contribution in [2.45, 2.75) is 64.3 Å². The highest BCUT2D eigenvalue weighted by atomic mass is 16.7. The highest BCUT2D eigenvalue weighted by Crippen LogP contribution is 2.34. The SMILES string of the molecule is CC(C)(C)OC(=O)CN1C(=O)[C@H](OCCN)[C@@H]1[C@H]1COC(C)(C)O1. The number of carbonyl (C=O) groups is 2. The van der Waals surface area contributed by atoms with Crippen LogP contribution >= 0.6 is 0 Å². The Morgan fingerprint density at radius 3 is 2.58 bits per heavy atom. The number of nitrogens with two attached hydrogens (primary N) is 1. The summed E-state index contributed by atoms with van der Waals surface area (Å²) in [5, 5.41) is 0. The maximum Gasteiger partial charge on any atom is 0.326 e. The molecule has 24 heavy (non-hydrogen) atoms. The maximum absolute atomic E-state index is 12.4. The maximum atomic E-state index is 12.4. The van der Waals surface area contributed by atoms with Crippen molar-refractivity contribution in [2.75, 3.05) is 26.3 Å². The average Bonchev–Trinajstić information content (AvgIpc) is 2.78. The monoisotopic (exact) mass is 344 g/mol. The molecule has 0 aliphatic carbocycles. The van der Waals surface area contributed by atoms with E-state index in [0.29, 0.717) is 13.2 Å². The van der Waals surface area contributed by atoms with E-state index in [9.17, 15) is 9.59 Å². The fourth-order valence-corrected chi connectivity index (χ4v) is 2.88. The van der Waals surface area contributed by atoms with Gasteiger partial charge in [-0.25, -0.2) is 0 Å². The lowest BCUT2D eigenvalue weighted by atomic mass is 9.92. The number of hydrogen-bond donors (Lipinski definition) is 1. The fourth-order valence-electron chi connectivity index (χ4n) is 2.88. The van der Waals surface area contributed by atoms with E-state index in [-0.39, 0.29) is 25.2 Å². The molecule has 8 nitrogen and oxygen atoms in total. The van der Waals surface area contributed by atoms with Gasteiger partial charge in [-0.2, -0.15) is 0 Å². The second-order valence-electron chi connectivity index (χ2n) is 7.49. The van der Waals surface area contributed by atoms with Gasteiger partial charge >= 0.3 is 5.97 Å². The molecule has 2 aliphatic heterocycles. The lowest BCUT2D eigenvalue weighted by molar-refractivity contribution is -0.200. The largest absolute Gasteiger partial charge is 0.459 e. The molecular formula is C16H28N2O6. The molecule has 2 heterocycles. The Hall–Kier alpha value is -1.22. The van der Waals surface area contributed by atoms with Gasteiger partial charge in [0.2, 0.25) is 0 Å². The molecule has 2 fully saturated rings. The first-order valence-electron chi connectivity index (χ1n) is 8.20. The van der Waals surface area contributed by atoms with Crippen LogP contribution in [0.25, 0.3) is 0 Å². The van der Waals surface area contributed by atoms with Crippen LogP contribution in [-0.4, -0.2) is 72.7 Å². The number of carbonyl (C=O) groups excluding carboxylic acids is 2. The minimum absolute atomic E-state index is 0.135. The van der Waals surface area contributed by atoms with Crippen molar-refractivity contribution in [2.24, 2.45) is 5.73 Å². The van der Waals surface area contributed by atoms with Crippen LogP contribution in [0.5, 0.6) is 0 Å². The number of ether oxygens (including phenoxy) is 4. The molecule has 0 aromatic heterocycles. The van der Waals surface area contributed by atoms with Gasteiger partial charge in [-0.05, 0) is 34.6 Å². The molecular weight excluding hydrogens is 316 g/mol.